The van der Waals surface area contributed by atoms with Crippen LogP contribution in [0.1, 0.15) is 53.9 Å². The lowest BCUT2D eigenvalue weighted by molar-refractivity contribution is -0.139. The zero-order chi connectivity index (χ0) is 35.3. The molecule has 0 fully saturated rings. The fourth-order valence-electron chi connectivity index (χ4n) is 4.76. The third-order valence-corrected chi connectivity index (χ3v) is 7.09. The predicted octanol–water partition coefficient (Wildman–Crippen LogP) is 4.18. The normalized spacial score (nSPS) is 14.0. The van der Waals surface area contributed by atoms with E-state index >= 15 is 0 Å². The molecule has 4 rings (SSSR count). The molecule has 0 aromatic heterocycles. The molecular formula is C35H38N4O10. The van der Waals surface area contributed by atoms with Crippen molar-refractivity contribution in [1.29, 1.82) is 0 Å². The van der Waals surface area contributed by atoms with Gasteiger partial charge in [-0.05, 0) is 79.9 Å². The Balaban J connectivity index is 1.32. The van der Waals surface area contributed by atoms with E-state index in [0.29, 0.717) is 40.5 Å². The SMILES string of the molecule is CCOC(=O)C1=C(C)NC(=O)N[C@H]1c1ccc(OCC(=O)N/N=C/c2ccc(OCc3ccc(C(=O)OCC)cc3)c(OC)c2)c(OC)c1. The van der Waals surface area contributed by atoms with Crippen molar-refractivity contribution in [2.75, 3.05) is 34.0 Å². The minimum absolute atomic E-state index is 0.173. The minimum Gasteiger partial charge on any atom is -0.493 e. The molecule has 1 aliphatic rings. The van der Waals surface area contributed by atoms with E-state index in [-0.39, 0.29) is 42.9 Å². The maximum Gasteiger partial charge on any atom is 0.338 e. The topological polar surface area (TPSA) is 172 Å². The number of esters is 2. The van der Waals surface area contributed by atoms with E-state index in [9.17, 15) is 19.2 Å². The highest BCUT2D eigenvalue weighted by Gasteiger charge is 2.32. The smallest absolute Gasteiger partial charge is 0.338 e. The van der Waals surface area contributed by atoms with Crippen LogP contribution in [-0.4, -0.2) is 64.1 Å². The number of rotatable bonds is 15. The van der Waals surface area contributed by atoms with Crippen molar-refractivity contribution in [2.45, 2.75) is 33.4 Å². The van der Waals surface area contributed by atoms with Crippen molar-refractivity contribution >= 4 is 30.1 Å². The van der Waals surface area contributed by atoms with Crippen LogP contribution in [0.5, 0.6) is 23.0 Å². The lowest BCUT2D eigenvalue weighted by atomic mass is 9.95. The van der Waals surface area contributed by atoms with E-state index in [1.54, 1.807) is 81.4 Å². The number of hydrogen-bond donors (Lipinski definition) is 3. The summed E-state index contributed by atoms with van der Waals surface area (Å²) >= 11 is 0. The molecule has 14 nitrogen and oxygen atoms in total. The molecular weight excluding hydrogens is 636 g/mol. The van der Waals surface area contributed by atoms with E-state index in [0.717, 1.165) is 5.56 Å². The number of amides is 3. The zero-order valence-corrected chi connectivity index (χ0v) is 27.8. The number of carbonyl (C=O) groups excluding carboxylic acids is 4. The number of ether oxygens (including phenoxy) is 6. The Hall–Kier alpha value is -6.05. The van der Waals surface area contributed by atoms with Gasteiger partial charge in [-0.1, -0.05) is 18.2 Å². The number of urea groups is 1. The first-order valence-electron chi connectivity index (χ1n) is 15.3. The first-order valence-corrected chi connectivity index (χ1v) is 15.3. The fraction of sp³-hybridized carbons (Fsp3) is 0.286. The van der Waals surface area contributed by atoms with Crippen molar-refractivity contribution < 1.29 is 47.6 Å². The summed E-state index contributed by atoms with van der Waals surface area (Å²) in [7, 11) is 2.94. The maximum absolute atomic E-state index is 12.6. The molecule has 0 bridgehead atoms. The zero-order valence-electron chi connectivity index (χ0n) is 27.8. The van der Waals surface area contributed by atoms with Crippen molar-refractivity contribution in [3.8, 4) is 23.0 Å². The largest absolute Gasteiger partial charge is 0.493 e. The standard InChI is InChI=1S/C35H38N4O10/c1-6-46-33(41)24-11-8-22(9-12-24)19-48-26-14-10-23(16-28(26)44-4)18-36-39-30(40)20-49-27-15-13-25(17-29(27)45-5)32-31(34(42)47-7-2)21(3)37-35(43)38-32/h8-18,32H,6-7,19-20H2,1-5H3,(H,39,40)(H2,37,38,43)/b36-18+/t32-/m0/s1. The molecule has 3 amide bonds. The average molecular weight is 675 g/mol. The summed E-state index contributed by atoms with van der Waals surface area (Å²) in [6.45, 7) is 5.42. The Bertz CT molecular complexity index is 1740. The van der Waals surface area contributed by atoms with Crippen molar-refractivity contribution in [3.63, 3.8) is 0 Å². The van der Waals surface area contributed by atoms with Crippen LogP contribution in [-0.2, 0) is 25.7 Å². The van der Waals surface area contributed by atoms with E-state index in [2.05, 4.69) is 21.2 Å². The van der Waals surface area contributed by atoms with Crippen LogP contribution in [0.15, 0.2) is 77.0 Å². The number of hydrazone groups is 1. The number of nitrogens with zero attached hydrogens (tertiary/aromatic N) is 1. The monoisotopic (exact) mass is 674 g/mol. The third-order valence-electron chi connectivity index (χ3n) is 7.09. The van der Waals surface area contributed by atoms with Gasteiger partial charge in [0.25, 0.3) is 5.91 Å². The molecule has 0 radical (unpaired) electrons. The highest BCUT2D eigenvalue weighted by molar-refractivity contribution is 5.95. The molecule has 258 valence electrons. The second kappa shape index (κ2) is 17.2. The van der Waals surface area contributed by atoms with Gasteiger partial charge < -0.3 is 39.1 Å². The number of allylic oxidation sites excluding steroid dienone is 1. The Morgan fingerprint density at radius 2 is 1.49 bits per heavy atom. The Morgan fingerprint density at radius 3 is 2.18 bits per heavy atom. The van der Waals surface area contributed by atoms with Gasteiger partial charge in [0.1, 0.15) is 6.61 Å². The molecule has 1 aliphatic heterocycles. The van der Waals surface area contributed by atoms with E-state index in [1.807, 2.05) is 0 Å². The average Bonchev–Trinajstić information content (AvgIpc) is 3.10. The first kappa shape index (κ1) is 35.8. The molecule has 3 N–H and O–H groups in total. The van der Waals surface area contributed by atoms with E-state index in [1.165, 1.54) is 20.4 Å². The summed E-state index contributed by atoms with van der Waals surface area (Å²) < 4.78 is 32.7. The van der Waals surface area contributed by atoms with Gasteiger partial charge in [-0.3, -0.25) is 4.79 Å². The summed E-state index contributed by atoms with van der Waals surface area (Å²) in [5.41, 5.74) is 5.54. The highest BCUT2D eigenvalue weighted by Crippen LogP contribution is 2.34. The number of nitrogens with one attached hydrogen (secondary N) is 3. The maximum atomic E-state index is 12.6. The summed E-state index contributed by atoms with van der Waals surface area (Å²) in [5.74, 6) is 0.0310. The summed E-state index contributed by atoms with van der Waals surface area (Å²) in [4.78, 5) is 49.1. The van der Waals surface area contributed by atoms with E-state index < -0.39 is 23.9 Å². The lowest BCUT2D eigenvalue weighted by Gasteiger charge is -2.28. The molecule has 1 heterocycles. The Labute approximate surface area is 283 Å². The van der Waals surface area contributed by atoms with Crippen LogP contribution < -0.4 is 35.0 Å². The summed E-state index contributed by atoms with van der Waals surface area (Å²) in [5, 5.41) is 9.31. The van der Waals surface area contributed by atoms with E-state index in [4.69, 9.17) is 28.4 Å². The lowest BCUT2D eigenvalue weighted by Crippen LogP contribution is -2.45. The number of benzene rings is 3. The molecule has 0 spiro atoms. The number of hydrogen-bond acceptors (Lipinski definition) is 11. The van der Waals surface area contributed by atoms with Crippen molar-refractivity contribution in [1.82, 2.24) is 16.1 Å². The van der Waals surface area contributed by atoms with Crippen LogP contribution in [0.25, 0.3) is 0 Å². The number of methoxy groups -OCH3 is 2. The van der Waals surface area contributed by atoms with Crippen LogP contribution in [0.2, 0.25) is 0 Å². The van der Waals surface area contributed by atoms with Crippen molar-refractivity contribution in [3.05, 3.63) is 94.2 Å². The number of carbonyl (C=O) groups is 4. The van der Waals surface area contributed by atoms with Gasteiger partial charge in [-0.25, -0.2) is 19.8 Å². The quantitative estimate of drug-likeness (QED) is 0.121. The fourth-order valence-corrected chi connectivity index (χ4v) is 4.76. The predicted molar refractivity (Wildman–Crippen MR) is 178 cm³/mol. The van der Waals surface area contributed by atoms with Gasteiger partial charge in [-0.2, -0.15) is 5.10 Å². The van der Waals surface area contributed by atoms with Gasteiger partial charge in [0.15, 0.2) is 29.6 Å². The summed E-state index contributed by atoms with van der Waals surface area (Å²) in [6.07, 6.45) is 1.44. The van der Waals surface area contributed by atoms with Gasteiger partial charge in [0, 0.05) is 5.70 Å². The van der Waals surface area contributed by atoms with Crippen LogP contribution in [0, 0.1) is 0 Å². The van der Waals surface area contributed by atoms with Crippen molar-refractivity contribution in [2.24, 2.45) is 5.10 Å². The molecule has 0 saturated heterocycles. The van der Waals surface area contributed by atoms with Crippen LogP contribution >= 0.6 is 0 Å². The molecule has 49 heavy (non-hydrogen) atoms. The molecule has 0 aliphatic carbocycles. The first-order chi connectivity index (χ1) is 23.7. The molecule has 14 heteroatoms. The van der Waals surface area contributed by atoms with Gasteiger partial charge >= 0.3 is 18.0 Å². The molecule has 0 saturated carbocycles. The highest BCUT2D eigenvalue weighted by atomic mass is 16.5. The molecule has 1 atom stereocenters. The Kier molecular flexibility index (Phi) is 12.6. The molecule has 0 unspecified atom stereocenters. The third kappa shape index (κ3) is 9.50. The summed E-state index contributed by atoms with van der Waals surface area (Å²) in [6, 6.07) is 15.7. The minimum atomic E-state index is -0.788. The second-order valence-corrected chi connectivity index (χ2v) is 10.4. The van der Waals surface area contributed by atoms with Gasteiger partial charge in [0.2, 0.25) is 0 Å². The molecule has 3 aromatic rings. The van der Waals surface area contributed by atoms with Crippen LogP contribution in [0.3, 0.4) is 0 Å². The van der Waals surface area contributed by atoms with Crippen LogP contribution in [0.4, 0.5) is 4.79 Å². The van der Waals surface area contributed by atoms with Gasteiger partial charge in [-0.15, -0.1) is 0 Å². The second-order valence-electron chi connectivity index (χ2n) is 10.4. The Morgan fingerprint density at radius 1 is 0.837 bits per heavy atom. The van der Waals surface area contributed by atoms with Gasteiger partial charge in [0.05, 0.1) is 50.8 Å². The molecule has 3 aromatic carbocycles.